The molecular weight excluding hydrogens is 342 g/mol. The van der Waals surface area contributed by atoms with E-state index in [1.807, 2.05) is 19.1 Å². The molecule has 0 unspecified atom stereocenters. The van der Waals surface area contributed by atoms with Crippen molar-refractivity contribution in [2.75, 3.05) is 20.2 Å². The fourth-order valence-corrected chi connectivity index (χ4v) is 3.19. The quantitative estimate of drug-likeness (QED) is 0.608. The van der Waals surface area contributed by atoms with Crippen LogP contribution in [-0.2, 0) is 6.54 Å². The van der Waals surface area contributed by atoms with E-state index in [2.05, 4.69) is 21.5 Å². The van der Waals surface area contributed by atoms with E-state index in [0.717, 1.165) is 36.5 Å². The van der Waals surface area contributed by atoms with Crippen LogP contribution in [0.25, 0.3) is 0 Å². The SMILES string of the molecule is COc1ccc(/C(C)=N\NC(=O)c2ccc(O)cc2)cc1CN1CCCC1. The summed E-state index contributed by atoms with van der Waals surface area (Å²) >= 11 is 0. The molecule has 0 radical (unpaired) electrons. The number of ether oxygens (including phenoxy) is 1. The summed E-state index contributed by atoms with van der Waals surface area (Å²) in [5.74, 6) is 0.668. The predicted molar refractivity (Wildman–Crippen MR) is 105 cm³/mol. The first-order valence-corrected chi connectivity index (χ1v) is 9.10. The van der Waals surface area contributed by atoms with Gasteiger partial charge in [-0.3, -0.25) is 9.69 Å². The van der Waals surface area contributed by atoms with Crippen molar-refractivity contribution in [3.63, 3.8) is 0 Å². The third-order valence-corrected chi connectivity index (χ3v) is 4.75. The van der Waals surface area contributed by atoms with Crippen molar-refractivity contribution in [2.24, 2.45) is 5.10 Å². The lowest BCUT2D eigenvalue weighted by Crippen LogP contribution is -2.20. The molecule has 3 rings (SSSR count). The van der Waals surface area contributed by atoms with Gasteiger partial charge in [-0.2, -0.15) is 5.10 Å². The topological polar surface area (TPSA) is 74.2 Å². The smallest absolute Gasteiger partial charge is 0.271 e. The molecule has 0 atom stereocenters. The van der Waals surface area contributed by atoms with Gasteiger partial charge in [0.1, 0.15) is 11.5 Å². The summed E-state index contributed by atoms with van der Waals surface area (Å²) < 4.78 is 5.50. The Morgan fingerprint density at radius 3 is 2.48 bits per heavy atom. The zero-order chi connectivity index (χ0) is 19.2. The van der Waals surface area contributed by atoms with Gasteiger partial charge in [0, 0.05) is 17.7 Å². The Kier molecular flexibility index (Phi) is 6.08. The molecule has 0 spiro atoms. The van der Waals surface area contributed by atoms with Crippen LogP contribution < -0.4 is 10.2 Å². The molecule has 142 valence electrons. The van der Waals surface area contributed by atoms with E-state index in [-0.39, 0.29) is 11.7 Å². The van der Waals surface area contributed by atoms with Crippen LogP contribution in [0.1, 0.15) is 41.3 Å². The Labute approximate surface area is 159 Å². The average molecular weight is 367 g/mol. The lowest BCUT2D eigenvalue weighted by molar-refractivity contribution is 0.0955. The maximum atomic E-state index is 12.2. The first kappa shape index (κ1) is 18.9. The molecule has 0 saturated carbocycles. The minimum absolute atomic E-state index is 0.120. The van der Waals surface area contributed by atoms with Crippen molar-refractivity contribution in [1.82, 2.24) is 10.3 Å². The maximum Gasteiger partial charge on any atom is 0.271 e. The van der Waals surface area contributed by atoms with Gasteiger partial charge < -0.3 is 9.84 Å². The number of methoxy groups -OCH3 is 1. The minimum atomic E-state index is -0.319. The fraction of sp³-hybridized carbons (Fsp3) is 0.333. The number of benzene rings is 2. The Morgan fingerprint density at radius 1 is 1.15 bits per heavy atom. The van der Waals surface area contributed by atoms with Crippen LogP contribution in [0.3, 0.4) is 0 Å². The summed E-state index contributed by atoms with van der Waals surface area (Å²) in [7, 11) is 1.68. The van der Waals surface area contributed by atoms with Gasteiger partial charge in [-0.25, -0.2) is 5.43 Å². The second kappa shape index (κ2) is 8.68. The molecule has 2 N–H and O–H groups in total. The maximum absolute atomic E-state index is 12.2. The molecule has 1 aliphatic heterocycles. The highest BCUT2D eigenvalue weighted by atomic mass is 16.5. The first-order valence-electron chi connectivity index (χ1n) is 9.10. The second-order valence-electron chi connectivity index (χ2n) is 6.69. The summed E-state index contributed by atoms with van der Waals surface area (Å²) in [6, 6.07) is 12.0. The number of phenolic OH excluding ortho intramolecular Hbond substituents is 1. The number of hydrogen-bond acceptors (Lipinski definition) is 5. The van der Waals surface area contributed by atoms with E-state index < -0.39 is 0 Å². The van der Waals surface area contributed by atoms with Crippen LogP contribution in [0.4, 0.5) is 0 Å². The summed E-state index contributed by atoms with van der Waals surface area (Å²) in [6.45, 7) is 4.94. The number of hydrogen-bond donors (Lipinski definition) is 2. The summed E-state index contributed by atoms with van der Waals surface area (Å²) in [6.07, 6.45) is 2.48. The zero-order valence-electron chi connectivity index (χ0n) is 15.7. The van der Waals surface area contributed by atoms with E-state index >= 15 is 0 Å². The van der Waals surface area contributed by atoms with Crippen molar-refractivity contribution in [1.29, 1.82) is 0 Å². The van der Waals surface area contributed by atoms with Crippen LogP contribution in [0.15, 0.2) is 47.6 Å². The molecule has 2 aromatic rings. The van der Waals surface area contributed by atoms with Gasteiger partial charge in [-0.05, 0) is 80.9 Å². The van der Waals surface area contributed by atoms with Crippen LogP contribution >= 0.6 is 0 Å². The lowest BCUT2D eigenvalue weighted by atomic mass is 10.1. The normalized spacial score (nSPS) is 15.0. The van der Waals surface area contributed by atoms with Crippen molar-refractivity contribution in [3.8, 4) is 11.5 Å². The number of carbonyl (C=O) groups excluding carboxylic acids is 1. The average Bonchev–Trinajstić information content (AvgIpc) is 3.19. The monoisotopic (exact) mass is 367 g/mol. The number of likely N-dealkylation sites (tertiary alicyclic amines) is 1. The van der Waals surface area contributed by atoms with Gasteiger partial charge in [0.25, 0.3) is 5.91 Å². The van der Waals surface area contributed by atoms with E-state index in [0.29, 0.717) is 11.3 Å². The van der Waals surface area contributed by atoms with Gasteiger partial charge in [-0.15, -0.1) is 0 Å². The summed E-state index contributed by atoms with van der Waals surface area (Å²) in [5, 5.41) is 13.5. The number of carbonyl (C=O) groups is 1. The molecule has 2 aromatic carbocycles. The number of rotatable bonds is 6. The molecule has 0 aromatic heterocycles. The number of phenols is 1. The number of amides is 1. The molecule has 0 bridgehead atoms. The summed E-state index contributed by atoms with van der Waals surface area (Å²) in [5.41, 5.74) is 5.78. The molecule has 0 aliphatic carbocycles. The molecule has 1 heterocycles. The first-order chi connectivity index (χ1) is 13.1. The van der Waals surface area contributed by atoms with Gasteiger partial charge >= 0.3 is 0 Å². The van der Waals surface area contributed by atoms with Crippen LogP contribution in [0.5, 0.6) is 11.5 Å². The Hall–Kier alpha value is -2.86. The molecule has 6 nitrogen and oxygen atoms in total. The minimum Gasteiger partial charge on any atom is -0.508 e. The molecule has 1 fully saturated rings. The third kappa shape index (κ3) is 4.86. The van der Waals surface area contributed by atoms with Gasteiger partial charge in [-0.1, -0.05) is 0 Å². The van der Waals surface area contributed by atoms with Crippen LogP contribution in [0, 0.1) is 0 Å². The molecule has 1 amide bonds. The van der Waals surface area contributed by atoms with Gasteiger partial charge in [0.2, 0.25) is 0 Å². The number of nitrogens with zero attached hydrogens (tertiary/aromatic N) is 2. The van der Waals surface area contributed by atoms with E-state index in [9.17, 15) is 9.90 Å². The Bertz CT molecular complexity index is 825. The van der Waals surface area contributed by atoms with Crippen molar-refractivity contribution in [2.45, 2.75) is 26.3 Å². The highest BCUT2D eigenvalue weighted by molar-refractivity contribution is 6.01. The van der Waals surface area contributed by atoms with Gasteiger partial charge in [0.05, 0.1) is 12.8 Å². The lowest BCUT2D eigenvalue weighted by Gasteiger charge is -2.17. The van der Waals surface area contributed by atoms with Crippen molar-refractivity contribution >= 4 is 11.6 Å². The third-order valence-electron chi connectivity index (χ3n) is 4.75. The van der Waals surface area contributed by atoms with Crippen molar-refractivity contribution in [3.05, 3.63) is 59.2 Å². The standard InChI is InChI=1S/C21H25N3O3/c1-15(22-23-21(26)16-5-8-19(25)9-6-16)17-7-10-20(27-2)18(13-17)14-24-11-3-4-12-24/h5-10,13,25H,3-4,11-12,14H2,1-2H3,(H,23,26)/b22-15-. The predicted octanol–water partition coefficient (Wildman–Crippen LogP) is 3.15. The van der Waals surface area contributed by atoms with Crippen molar-refractivity contribution < 1.29 is 14.6 Å². The zero-order valence-corrected chi connectivity index (χ0v) is 15.7. The summed E-state index contributed by atoms with van der Waals surface area (Å²) in [4.78, 5) is 14.6. The van der Waals surface area contributed by atoms with Crippen LogP contribution in [-0.4, -0.2) is 41.8 Å². The molecule has 1 aliphatic rings. The van der Waals surface area contributed by atoms with E-state index in [1.54, 1.807) is 19.2 Å². The number of aromatic hydroxyl groups is 1. The molecular formula is C21H25N3O3. The Morgan fingerprint density at radius 2 is 1.81 bits per heavy atom. The second-order valence-corrected chi connectivity index (χ2v) is 6.69. The number of hydrazone groups is 1. The van der Waals surface area contributed by atoms with Crippen LogP contribution in [0.2, 0.25) is 0 Å². The highest BCUT2D eigenvalue weighted by Gasteiger charge is 2.15. The van der Waals surface area contributed by atoms with E-state index in [4.69, 9.17) is 4.74 Å². The highest BCUT2D eigenvalue weighted by Crippen LogP contribution is 2.23. The Balaban J connectivity index is 1.72. The van der Waals surface area contributed by atoms with Gasteiger partial charge in [0.15, 0.2) is 0 Å². The fourth-order valence-electron chi connectivity index (χ4n) is 3.19. The van der Waals surface area contributed by atoms with E-state index in [1.165, 1.54) is 25.0 Å². The number of nitrogens with one attached hydrogen (secondary N) is 1. The molecule has 1 saturated heterocycles. The largest absolute Gasteiger partial charge is 0.508 e. The molecule has 6 heteroatoms. The molecule has 27 heavy (non-hydrogen) atoms.